The van der Waals surface area contributed by atoms with Gasteiger partial charge in [0.05, 0.1) is 5.56 Å². The van der Waals surface area contributed by atoms with E-state index in [1.54, 1.807) is 20.8 Å². The highest BCUT2D eigenvalue weighted by atomic mass is 19.3. The maximum atomic E-state index is 14.4. The Hall–Kier alpha value is -3.42. The second-order valence-electron chi connectivity index (χ2n) is 7.35. The molecule has 160 valence electrons. The van der Waals surface area contributed by atoms with Crippen LogP contribution in [0.15, 0.2) is 60.7 Å². The largest absolute Gasteiger partial charge is 0.514 e. The maximum absolute atomic E-state index is 14.4. The number of hydrogen-bond donors (Lipinski definition) is 0. The van der Waals surface area contributed by atoms with Gasteiger partial charge in [0, 0.05) is 5.57 Å². The van der Waals surface area contributed by atoms with Crippen molar-refractivity contribution in [1.82, 2.24) is 0 Å². The Morgan fingerprint density at radius 3 is 1.80 bits per heavy atom. The summed E-state index contributed by atoms with van der Waals surface area (Å²) in [5.74, 6) is -0.580. The molecule has 0 N–H and O–H groups in total. The number of alkyl halides is 2. The van der Waals surface area contributed by atoms with Crippen LogP contribution >= 0.6 is 0 Å². The first-order chi connectivity index (χ1) is 13.9. The first-order valence-electron chi connectivity index (χ1n) is 8.92. The van der Waals surface area contributed by atoms with Gasteiger partial charge in [0.15, 0.2) is 0 Å². The predicted octanol–water partition coefficient (Wildman–Crippen LogP) is 5.61. The van der Waals surface area contributed by atoms with E-state index in [1.165, 1.54) is 43.3 Å². The molecule has 30 heavy (non-hydrogen) atoms. The number of halogens is 2. The molecule has 0 spiro atoms. The molecule has 0 unspecified atom stereocenters. The van der Waals surface area contributed by atoms with E-state index in [0.29, 0.717) is 0 Å². The van der Waals surface area contributed by atoms with Crippen molar-refractivity contribution in [2.75, 3.05) is 0 Å². The van der Waals surface area contributed by atoms with Crippen LogP contribution in [0.2, 0.25) is 0 Å². The Morgan fingerprint density at radius 1 is 0.833 bits per heavy atom. The number of carbonyl (C=O) groups is 2. The lowest BCUT2D eigenvalue weighted by atomic mass is 10.2. The van der Waals surface area contributed by atoms with Gasteiger partial charge in [-0.3, -0.25) is 0 Å². The van der Waals surface area contributed by atoms with Crippen LogP contribution in [0.1, 0.15) is 33.3 Å². The number of ether oxygens (including phenoxy) is 4. The first-order valence-corrected chi connectivity index (χ1v) is 8.92. The lowest BCUT2D eigenvalue weighted by Gasteiger charge is -2.19. The smallest absolute Gasteiger partial charge is 0.429 e. The summed E-state index contributed by atoms with van der Waals surface area (Å²) in [4.78, 5) is 23.1. The summed E-state index contributed by atoms with van der Waals surface area (Å²) in [7, 11) is 0. The van der Waals surface area contributed by atoms with Gasteiger partial charge in [-0.25, -0.2) is 9.59 Å². The number of rotatable bonds is 6. The van der Waals surface area contributed by atoms with Gasteiger partial charge < -0.3 is 18.9 Å². The van der Waals surface area contributed by atoms with Crippen molar-refractivity contribution in [1.29, 1.82) is 0 Å². The zero-order chi connectivity index (χ0) is 22.5. The molecule has 0 fully saturated rings. The van der Waals surface area contributed by atoms with Gasteiger partial charge in [-0.05, 0) is 76.2 Å². The Kier molecular flexibility index (Phi) is 6.81. The van der Waals surface area contributed by atoms with E-state index in [0.717, 1.165) is 12.1 Å². The molecule has 0 atom stereocenters. The van der Waals surface area contributed by atoms with E-state index in [9.17, 15) is 18.4 Å². The van der Waals surface area contributed by atoms with E-state index >= 15 is 0 Å². The van der Waals surface area contributed by atoms with Crippen molar-refractivity contribution in [2.24, 2.45) is 0 Å². The Bertz CT molecular complexity index is 912. The fourth-order valence-corrected chi connectivity index (χ4v) is 2.06. The van der Waals surface area contributed by atoms with Crippen molar-refractivity contribution in [3.63, 3.8) is 0 Å². The lowest BCUT2D eigenvalue weighted by Crippen LogP contribution is -2.26. The number of esters is 1. The minimum atomic E-state index is -3.65. The number of hydrogen-bond acceptors (Lipinski definition) is 6. The van der Waals surface area contributed by atoms with Crippen LogP contribution in [0.3, 0.4) is 0 Å². The van der Waals surface area contributed by atoms with Crippen LogP contribution < -0.4 is 14.2 Å². The third-order valence-electron chi connectivity index (χ3n) is 3.41. The van der Waals surface area contributed by atoms with Gasteiger partial charge in [0.25, 0.3) is 0 Å². The van der Waals surface area contributed by atoms with E-state index in [-0.39, 0.29) is 22.8 Å². The zero-order valence-corrected chi connectivity index (χ0v) is 17.0. The van der Waals surface area contributed by atoms with Crippen LogP contribution in [0, 0.1) is 0 Å². The molecular formula is C22H22F2O6. The summed E-state index contributed by atoms with van der Waals surface area (Å²) in [5, 5.41) is 0. The van der Waals surface area contributed by atoms with E-state index in [2.05, 4.69) is 6.58 Å². The molecule has 0 saturated carbocycles. The Balaban J connectivity index is 2.01. The molecule has 0 bridgehead atoms. The molecule has 0 radical (unpaired) electrons. The molecule has 2 aromatic rings. The Morgan fingerprint density at radius 2 is 1.30 bits per heavy atom. The maximum Gasteiger partial charge on any atom is 0.514 e. The highest BCUT2D eigenvalue weighted by Gasteiger charge is 2.34. The standard InChI is InChI=1S/C22H22F2O6/c1-14(2)19(25)27-16-8-6-15(7-9-16)22(23,24)29-18-12-10-17(11-13-18)28-20(26)30-21(3,4)5/h6-13H,1H2,2-5H3. The number of carbonyl (C=O) groups excluding carboxylic acids is 2. The third-order valence-corrected chi connectivity index (χ3v) is 3.41. The highest BCUT2D eigenvalue weighted by Crippen LogP contribution is 2.33. The molecule has 0 heterocycles. The fraction of sp³-hybridized carbons (Fsp3) is 0.273. The summed E-state index contributed by atoms with van der Waals surface area (Å²) in [6.07, 6.45) is -4.56. The van der Waals surface area contributed by atoms with E-state index < -0.39 is 29.4 Å². The van der Waals surface area contributed by atoms with Gasteiger partial charge in [-0.2, -0.15) is 8.78 Å². The van der Waals surface area contributed by atoms with Crippen molar-refractivity contribution in [3.05, 3.63) is 66.2 Å². The quantitative estimate of drug-likeness (QED) is 0.262. The fourth-order valence-electron chi connectivity index (χ4n) is 2.06. The minimum Gasteiger partial charge on any atom is -0.429 e. The molecule has 0 aliphatic heterocycles. The van der Waals surface area contributed by atoms with E-state index in [1.807, 2.05) is 0 Å². The molecule has 0 saturated heterocycles. The summed E-state index contributed by atoms with van der Waals surface area (Å²) < 4.78 is 48.5. The monoisotopic (exact) mass is 420 g/mol. The molecular weight excluding hydrogens is 398 g/mol. The molecule has 6 nitrogen and oxygen atoms in total. The van der Waals surface area contributed by atoms with Crippen LogP contribution in [0.4, 0.5) is 13.6 Å². The third kappa shape index (κ3) is 6.88. The molecule has 2 aromatic carbocycles. The molecule has 2 rings (SSSR count). The normalized spacial score (nSPS) is 11.4. The zero-order valence-electron chi connectivity index (χ0n) is 17.0. The van der Waals surface area contributed by atoms with Gasteiger partial charge in [-0.1, -0.05) is 6.58 Å². The summed E-state index contributed by atoms with van der Waals surface area (Å²) in [6.45, 7) is 9.97. The predicted molar refractivity (Wildman–Crippen MR) is 105 cm³/mol. The minimum absolute atomic E-state index is 0.103. The average molecular weight is 420 g/mol. The summed E-state index contributed by atoms with van der Waals surface area (Å²) in [6, 6.07) is 9.69. The topological polar surface area (TPSA) is 71.1 Å². The van der Waals surface area contributed by atoms with Gasteiger partial charge >= 0.3 is 18.2 Å². The van der Waals surface area contributed by atoms with Crippen molar-refractivity contribution in [2.45, 2.75) is 39.4 Å². The SMILES string of the molecule is C=C(C)C(=O)Oc1ccc(C(F)(F)Oc2ccc(OC(=O)OC(C)(C)C)cc2)cc1. The molecule has 0 aromatic heterocycles. The first kappa shape index (κ1) is 22.9. The molecule has 0 aliphatic rings. The molecule has 0 amide bonds. The highest BCUT2D eigenvalue weighted by molar-refractivity contribution is 5.88. The summed E-state index contributed by atoms with van der Waals surface area (Å²) in [5.41, 5.74) is -0.973. The second-order valence-corrected chi connectivity index (χ2v) is 7.35. The Labute approximate surface area is 173 Å². The van der Waals surface area contributed by atoms with Crippen molar-refractivity contribution >= 4 is 12.1 Å². The number of benzene rings is 2. The van der Waals surface area contributed by atoms with Crippen LogP contribution in [-0.2, 0) is 15.6 Å². The second kappa shape index (κ2) is 8.94. The average Bonchev–Trinajstić information content (AvgIpc) is 2.62. The lowest BCUT2D eigenvalue weighted by molar-refractivity contribution is -0.185. The van der Waals surface area contributed by atoms with Crippen molar-refractivity contribution in [3.8, 4) is 17.2 Å². The van der Waals surface area contributed by atoms with Gasteiger partial charge in [-0.15, -0.1) is 0 Å². The van der Waals surface area contributed by atoms with Crippen LogP contribution in [-0.4, -0.2) is 17.7 Å². The summed E-state index contributed by atoms with van der Waals surface area (Å²) >= 11 is 0. The van der Waals surface area contributed by atoms with Crippen molar-refractivity contribution < 1.29 is 37.3 Å². The molecule has 0 aliphatic carbocycles. The van der Waals surface area contributed by atoms with E-state index in [4.69, 9.17) is 18.9 Å². The van der Waals surface area contributed by atoms with Crippen LogP contribution in [0.5, 0.6) is 17.2 Å². The van der Waals surface area contributed by atoms with Crippen LogP contribution in [0.25, 0.3) is 0 Å². The van der Waals surface area contributed by atoms with Gasteiger partial charge in [0.1, 0.15) is 22.8 Å². The van der Waals surface area contributed by atoms with Gasteiger partial charge in [0.2, 0.25) is 0 Å². The molecule has 8 heteroatoms.